The summed E-state index contributed by atoms with van der Waals surface area (Å²) in [6.07, 6.45) is 2.19. The van der Waals surface area contributed by atoms with Crippen molar-refractivity contribution >= 4 is 0 Å². The Morgan fingerprint density at radius 1 is 1.33 bits per heavy atom. The van der Waals surface area contributed by atoms with Crippen molar-refractivity contribution in [3.05, 3.63) is 35.7 Å². The molecule has 0 aliphatic carbocycles. The molecule has 1 fully saturated rings. The first-order chi connectivity index (χ1) is 11.7. The summed E-state index contributed by atoms with van der Waals surface area (Å²) < 4.78 is 13.1. The molecular formula is C17H25N5O2. The fraction of sp³-hybridized carbons (Fsp3) is 0.588. The number of benzene rings is 1. The van der Waals surface area contributed by atoms with Gasteiger partial charge in [-0.3, -0.25) is 4.90 Å². The van der Waals surface area contributed by atoms with E-state index < -0.39 is 0 Å². The van der Waals surface area contributed by atoms with Crippen LogP contribution in [0, 0.1) is 6.92 Å². The Balaban J connectivity index is 1.46. The van der Waals surface area contributed by atoms with Crippen LogP contribution in [0.2, 0.25) is 0 Å². The van der Waals surface area contributed by atoms with Crippen LogP contribution in [0.1, 0.15) is 17.8 Å². The Labute approximate surface area is 142 Å². The lowest BCUT2D eigenvalue weighted by Crippen LogP contribution is -2.43. The number of aryl methyl sites for hydroxylation is 2. The smallest absolute Gasteiger partial charge is 0.148 e. The molecular weight excluding hydrogens is 306 g/mol. The van der Waals surface area contributed by atoms with Crippen LogP contribution in [0.25, 0.3) is 0 Å². The molecule has 0 unspecified atom stereocenters. The van der Waals surface area contributed by atoms with E-state index in [9.17, 15) is 0 Å². The zero-order chi connectivity index (χ0) is 16.8. The molecule has 0 bridgehead atoms. The highest BCUT2D eigenvalue weighted by molar-refractivity contribution is 5.28. The van der Waals surface area contributed by atoms with Crippen LogP contribution in [-0.4, -0.2) is 64.6 Å². The molecule has 0 saturated carbocycles. The van der Waals surface area contributed by atoms with Gasteiger partial charge >= 0.3 is 0 Å². The molecule has 1 saturated heterocycles. The lowest BCUT2D eigenvalue weighted by molar-refractivity contribution is -0.0281. The molecule has 1 atom stereocenters. The summed E-state index contributed by atoms with van der Waals surface area (Å²) in [4.78, 5) is 2.47. The number of rotatable bonds is 7. The first kappa shape index (κ1) is 16.9. The third-order valence-electron chi connectivity index (χ3n) is 4.38. The second-order valence-corrected chi connectivity index (χ2v) is 6.15. The number of tetrazole rings is 1. The first-order valence-corrected chi connectivity index (χ1v) is 8.44. The van der Waals surface area contributed by atoms with Crippen molar-refractivity contribution in [3.8, 4) is 5.75 Å². The first-order valence-electron chi connectivity index (χ1n) is 8.44. The van der Waals surface area contributed by atoms with Gasteiger partial charge in [-0.05, 0) is 41.5 Å². The van der Waals surface area contributed by atoms with Gasteiger partial charge in [-0.1, -0.05) is 12.1 Å². The number of nitrogens with zero attached hydrogens (tertiary/aromatic N) is 5. The summed E-state index contributed by atoms with van der Waals surface area (Å²) in [7, 11) is 1.70. The summed E-state index contributed by atoms with van der Waals surface area (Å²) in [5.41, 5.74) is 1.26. The Bertz CT molecular complexity index is 645. The minimum Gasteiger partial charge on any atom is -0.497 e. The van der Waals surface area contributed by atoms with Crippen molar-refractivity contribution in [2.24, 2.45) is 0 Å². The summed E-state index contributed by atoms with van der Waals surface area (Å²) >= 11 is 0. The molecule has 0 N–H and O–H groups in total. The number of morpholine rings is 1. The molecule has 0 amide bonds. The molecule has 3 rings (SSSR count). The maximum absolute atomic E-state index is 5.94. The Morgan fingerprint density at radius 2 is 2.25 bits per heavy atom. The van der Waals surface area contributed by atoms with Gasteiger partial charge in [0.05, 0.1) is 19.8 Å². The van der Waals surface area contributed by atoms with Crippen molar-refractivity contribution in [1.29, 1.82) is 0 Å². The molecule has 1 aliphatic rings. The van der Waals surface area contributed by atoms with Gasteiger partial charge in [0.15, 0.2) is 0 Å². The third-order valence-corrected chi connectivity index (χ3v) is 4.38. The third kappa shape index (κ3) is 4.52. The van der Waals surface area contributed by atoms with Gasteiger partial charge in [-0.2, -0.15) is 0 Å². The van der Waals surface area contributed by atoms with E-state index in [0.29, 0.717) is 0 Å². The molecule has 24 heavy (non-hydrogen) atoms. The maximum Gasteiger partial charge on any atom is 0.148 e. The number of hydrogen-bond acceptors (Lipinski definition) is 6. The van der Waals surface area contributed by atoms with Crippen LogP contribution in [0.15, 0.2) is 24.3 Å². The summed E-state index contributed by atoms with van der Waals surface area (Å²) in [5.74, 6) is 1.77. The standard InChI is InChI=1S/C17H25N5O2/c1-14-18-19-20-22(14)8-4-7-21-9-10-24-17(13-21)12-15-5-3-6-16(11-15)23-2/h3,5-6,11,17H,4,7-10,12-13H2,1-2H3/t17-/m1/s1. The fourth-order valence-corrected chi connectivity index (χ4v) is 3.07. The molecule has 1 aromatic heterocycles. The van der Waals surface area contributed by atoms with Crippen molar-refractivity contribution in [2.45, 2.75) is 32.4 Å². The van der Waals surface area contributed by atoms with Crippen molar-refractivity contribution in [1.82, 2.24) is 25.1 Å². The van der Waals surface area contributed by atoms with Gasteiger partial charge in [0.1, 0.15) is 11.6 Å². The van der Waals surface area contributed by atoms with Crippen LogP contribution in [0.4, 0.5) is 0 Å². The van der Waals surface area contributed by atoms with E-state index in [0.717, 1.165) is 57.2 Å². The van der Waals surface area contributed by atoms with Gasteiger partial charge in [-0.15, -0.1) is 5.10 Å². The second kappa shape index (κ2) is 8.21. The van der Waals surface area contributed by atoms with E-state index in [1.165, 1.54) is 5.56 Å². The van der Waals surface area contributed by atoms with Crippen LogP contribution >= 0.6 is 0 Å². The van der Waals surface area contributed by atoms with Crippen molar-refractivity contribution in [2.75, 3.05) is 33.4 Å². The second-order valence-electron chi connectivity index (χ2n) is 6.15. The van der Waals surface area contributed by atoms with Gasteiger partial charge in [0, 0.05) is 32.6 Å². The molecule has 7 heteroatoms. The average Bonchev–Trinajstić information content (AvgIpc) is 3.01. The molecule has 0 radical (unpaired) electrons. The lowest BCUT2D eigenvalue weighted by atomic mass is 10.1. The molecule has 2 heterocycles. The predicted molar refractivity (Wildman–Crippen MR) is 90.0 cm³/mol. The van der Waals surface area contributed by atoms with Gasteiger partial charge in [-0.25, -0.2) is 4.68 Å². The number of hydrogen-bond donors (Lipinski definition) is 0. The highest BCUT2D eigenvalue weighted by atomic mass is 16.5. The van der Waals surface area contributed by atoms with E-state index in [4.69, 9.17) is 9.47 Å². The van der Waals surface area contributed by atoms with E-state index in [1.807, 2.05) is 23.7 Å². The monoisotopic (exact) mass is 331 g/mol. The van der Waals surface area contributed by atoms with E-state index in [1.54, 1.807) is 7.11 Å². The number of methoxy groups -OCH3 is 1. The topological polar surface area (TPSA) is 65.3 Å². The summed E-state index contributed by atoms with van der Waals surface area (Å²) in [6, 6.07) is 8.22. The molecule has 7 nitrogen and oxygen atoms in total. The van der Waals surface area contributed by atoms with Crippen molar-refractivity contribution < 1.29 is 9.47 Å². The SMILES string of the molecule is COc1cccc(C[C@@H]2CN(CCCn3nnnc3C)CCO2)c1. The number of aromatic nitrogens is 4. The van der Waals surface area contributed by atoms with Crippen LogP contribution in [-0.2, 0) is 17.7 Å². The zero-order valence-corrected chi connectivity index (χ0v) is 14.4. The van der Waals surface area contributed by atoms with Crippen LogP contribution < -0.4 is 4.74 Å². The zero-order valence-electron chi connectivity index (χ0n) is 14.4. The maximum atomic E-state index is 5.94. The summed E-state index contributed by atoms with van der Waals surface area (Å²) in [6.45, 7) is 6.57. The molecule has 2 aromatic rings. The number of ether oxygens (including phenoxy) is 2. The largest absolute Gasteiger partial charge is 0.497 e. The molecule has 1 aliphatic heterocycles. The Morgan fingerprint density at radius 3 is 3.04 bits per heavy atom. The van der Waals surface area contributed by atoms with E-state index >= 15 is 0 Å². The average molecular weight is 331 g/mol. The highest BCUT2D eigenvalue weighted by Gasteiger charge is 2.20. The Hall–Kier alpha value is -1.99. The molecule has 0 spiro atoms. The van der Waals surface area contributed by atoms with E-state index in [2.05, 4.69) is 32.6 Å². The predicted octanol–water partition coefficient (Wildman–Crippen LogP) is 1.32. The van der Waals surface area contributed by atoms with Gasteiger partial charge < -0.3 is 9.47 Å². The summed E-state index contributed by atoms with van der Waals surface area (Å²) in [5, 5.41) is 11.6. The normalized spacial score (nSPS) is 18.7. The minimum absolute atomic E-state index is 0.237. The van der Waals surface area contributed by atoms with Crippen LogP contribution in [0.5, 0.6) is 5.75 Å². The van der Waals surface area contributed by atoms with Crippen LogP contribution in [0.3, 0.4) is 0 Å². The minimum atomic E-state index is 0.237. The van der Waals surface area contributed by atoms with Crippen molar-refractivity contribution in [3.63, 3.8) is 0 Å². The Kier molecular flexibility index (Phi) is 5.77. The fourth-order valence-electron chi connectivity index (χ4n) is 3.07. The highest BCUT2D eigenvalue weighted by Crippen LogP contribution is 2.17. The molecule has 130 valence electrons. The quantitative estimate of drug-likeness (QED) is 0.762. The van der Waals surface area contributed by atoms with Gasteiger partial charge in [0.25, 0.3) is 0 Å². The van der Waals surface area contributed by atoms with Gasteiger partial charge in [0.2, 0.25) is 0 Å². The van der Waals surface area contributed by atoms with E-state index in [-0.39, 0.29) is 6.10 Å². The lowest BCUT2D eigenvalue weighted by Gasteiger charge is -2.33. The molecule has 1 aromatic carbocycles.